The minimum atomic E-state index is -0.142. The summed E-state index contributed by atoms with van der Waals surface area (Å²) < 4.78 is 1.92. The van der Waals surface area contributed by atoms with Crippen LogP contribution in [0.25, 0.3) is 5.69 Å². The SMILES string of the molecule is CC(C)C.O=C1NCCN1c1ccnc(NCc2cn(-c3ccc(Cl)cc3)cn2)n1. The molecule has 1 saturated heterocycles. The highest BCUT2D eigenvalue weighted by Crippen LogP contribution is 2.16. The molecule has 0 aliphatic carbocycles. The van der Waals surface area contributed by atoms with Crippen LogP contribution in [0.15, 0.2) is 49.1 Å². The van der Waals surface area contributed by atoms with E-state index < -0.39 is 0 Å². The molecule has 0 saturated carbocycles. The normalized spacial score (nSPS) is 13.1. The Morgan fingerprint density at radius 3 is 2.57 bits per heavy atom. The molecular weight excluding hydrogens is 402 g/mol. The predicted molar refractivity (Wildman–Crippen MR) is 119 cm³/mol. The Balaban J connectivity index is 0.000000589. The standard InChI is InChI=1S/C17H16ClN7O.C4H10/c18-12-1-3-14(4-2-12)24-10-13(22-11-24)9-21-16-19-6-5-15(23-16)25-8-7-20-17(25)26;1-4(2)3/h1-6,10-11H,7-9H2,(H,20,26)(H,19,21,23);4H,1-3H3. The van der Waals surface area contributed by atoms with Gasteiger partial charge in [0.15, 0.2) is 0 Å². The monoisotopic (exact) mass is 427 g/mol. The van der Waals surface area contributed by atoms with Gasteiger partial charge in [0.05, 0.1) is 18.6 Å². The van der Waals surface area contributed by atoms with Crippen molar-refractivity contribution < 1.29 is 4.79 Å². The summed E-state index contributed by atoms with van der Waals surface area (Å²) in [5.74, 6) is 1.85. The summed E-state index contributed by atoms with van der Waals surface area (Å²) in [6, 6.07) is 9.09. The lowest BCUT2D eigenvalue weighted by Gasteiger charge is -2.13. The number of halogens is 1. The van der Waals surface area contributed by atoms with Gasteiger partial charge < -0.3 is 15.2 Å². The first-order valence-electron chi connectivity index (χ1n) is 9.83. The van der Waals surface area contributed by atoms with Gasteiger partial charge in [-0.15, -0.1) is 0 Å². The minimum Gasteiger partial charge on any atom is -0.348 e. The first-order chi connectivity index (χ1) is 14.4. The van der Waals surface area contributed by atoms with Crippen LogP contribution in [-0.2, 0) is 6.54 Å². The van der Waals surface area contributed by atoms with E-state index in [2.05, 4.69) is 46.4 Å². The zero-order valence-electron chi connectivity index (χ0n) is 17.3. The van der Waals surface area contributed by atoms with E-state index in [0.29, 0.717) is 36.4 Å². The number of hydrogen-bond acceptors (Lipinski definition) is 5. The lowest BCUT2D eigenvalue weighted by molar-refractivity contribution is 0.252. The Bertz CT molecular complexity index is 969. The molecule has 1 aliphatic heterocycles. The largest absolute Gasteiger partial charge is 0.348 e. The fourth-order valence-corrected chi connectivity index (χ4v) is 2.78. The molecule has 1 fully saturated rings. The van der Waals surface area contributed by atoms with Crippen LogP contribution in [0.1, 0.15) is 26.5 Å². The number of imidazole rings is 1. The van der Waals surface area contributed by atoms with Crippen molar-refractivity contribution in [1.29, 1.82) is 0 Å². The van der Waals surface area contributed by atoms with Crippen molar-refractivity contribution in [2.24, 2.45) is 5.92 Å². The average Bonchev–Trinajstić information content (AvgIpc) is 3.36. The summed E-state index contributed by atoms with van der Waals surface area (Å²) >= 11 is 5.91. The molecule has 2 aromatic heterocycles. The minimum absolute atomic E-state index is 0.142. The maximum Gasteiger partial charge on any atom is 0.323 e. The fourth-order valence-electron chi connectivity index (χ4n) is 2.65. The predicted octanol–water partition coefficient (Wildman–Crippen LogP) is 4.12. The molecule has 0 atom stereocenters. The van der Waals surface area contributed by atoms with Crippen molar-refractivity contribution >= 4 is 29.4 Å². The van der Waals surface area contributed by atoms with Crippen molar-refractivity contribution in [1.82, 2.24) is 24.8 Å². The highest BCUT2D eigenvalue weighted by Gasteiger charge is 2.22. The van der Waals surface area contributed by atoms with Gasteiger partial charge in [0.25, 0.3) is 0 Å². The van der Waals surface area contributed by atoms with Gasteiger partial charge in [-0.05, 0) is 36.2 Å². The third-order valence-corrected chi connectivity index (χ3v) is 4.21. The highest BCUT2D eigenvalue weighted by molar-refractivity contribution is 6.30. The van der Waals surface area contributed by atoms with E-state index in [4.69, 9.17) is 11.6 Å². The van der Waals surface area contributed by atoms with Crippen molar-refractivity contribution in [2.45, 2.75) is 27.3 Å². The number of anilines is 2. The molecule has 3 heterocycles. The van der Waals surface area contributed by atoms with Crippen LogP contribution < -0.4 is 15.5 Å². The van der Waals surface area contributed by atoms with E-state index in [0.717, 1.165) is 17.3 Å². The molecule has 1 aliphatic rings. The zero-order valence-corrected chi connectivity index (χ0v) is 18.1. The van der Waals surface area contributed by atoms with Crippen molar-refractivity contribution in [3.05, 3.63) is 59.8 Å². The maximum atomic E-state index is 11.7. The number of aromatic nitrogens is 4. The second-order valence-corrected chi connectivity index (χ2v) is 7.89. The topological polar surface area (TPSA) is 88.0 Å². The molecule has 4 rings (SSSR count). The van der Waals surface area contributed by atoms with Gasteiger partial charge in [-0.25, -0.2) is 14.8 Å². The maximum absolute atomic E-state index is 11.7. The molecule has 2 amide bonds. The molecule has 0 unspecified atom stereocenters. The molecule has 30 heavy (non-hydrogen) atoms. The number of nitrogens with one attached hydrogen (secondary N) is 2. The molecule has 1 aromatic carbocycles. The molecule has 2 N–H and O–H groups in total. The van der Waals surface area contributed by atoms with Crippen molar-refractivity contribution in [2.75, 3.05) is 23.3 Å². The van der Waals surface area contributed by atoms with Crippen LogP contribution in [0.3, 0.4) is 0 Å². The van der Waals surface area contributed by atoms with E-state index in [9.17, 15) is 4.79 Å². The molecule has 8 nitrogen and oxygen atoms in total. The van der Waals surface area contributed by atoms with Crippen LogP contribution in [0.4, 0.5) is 16.6 Å². The Morgan fingerprint density at radius 2 is 1.90 bits per heavy atom. The second-order valence-electron chi connectivity index (χ2n) is 7.46. The van der Waals surface area contributed by atoms with Crippen LogP contribution in [-0.4, -0.2) is 38.6 Å². The van der Waals surface area contributed by atoms with Gasteiger partial charge >= 0.3 is 6.03 Å². The number of carbonyl (C=O) groups is 1. The number of amides is 2. The van der Waals surface area contributed by atoms with Crippen LogP contribution >= 0.6 is 11.6 Å². The van der Waals surface area contributed by atoms with Crippen molar-refractivity contribution in [3.8, 4) is 5.69 Å². The third kappa shape index (κ3) is 5.93. The summed E-state index contributed by atoms with van der Waals surface area (Å²) in [6.45, 7) is 8.19. The third-order valence-electron chi connectivity index (χ3n) is 3.96. The fraction of sp³-hybridized carbons (Fsp3) is 0.333. The number of rotatable bonds is 5. The molecule has 0 bridgehead atoms. The van der Waals surface area contributed by atoms with Crippen LogP contribution in [0.2, 0.25) is 5.02 Å². The van der Waals surface area contributed by atoms with Crippen LogP contribution in [0, 0.1) is 5.92 Å². The number of urea groups is 1. The van der Waals surface area contributed by atoms with Gasteiger partial charge in [-0.1, -0.05) is 32.4 Å². The molecule has 3 aromatic rings. The zero-order chi connectivity index (χ0) is 21.5. The van der Waals surface area contributed by atoms with E-state index in [1.807, 2.05) is 35.0 Å². The lowest BCUT2D eigenvalue weighted by Crippen LogP contribution is -2.28. The molecule has 158 valence electrons. The Labute approximate surface area is 181 Å². The van der Waals surface area contributed by atoms with E-state index in [1.165, 1.54) is 0 Å². The van der Waals surface area contributed by atoms with E-state index in [1.54, 1.807) is 23.5 Å². The Hall–Kier alpha value is -3.13. The number of benzene rings is 1. The van der Waals surface area contributed by atoms with Gasteiger partial charge in [0.1, 0.15) is 5.82 Å². The van der Waals surface area contributed by atoms with Gasteiger partial charge in [0.2, 0.25) is 5.95 Å². The van der Waals surface area contributed by atoms with Gasteiger partial charge in [-0.2, -0.15) is 4.98 Å². The number of nitrogens with zero attached hydrogens (tertiary/aromatic N) is 5. The quantitative estimate of drug-likeness (QED) is 0.639. The molecule has 0 spiro atoms. The first-order valence-corrected chi connectivity index (χ1v) is 10.2. The number of hydrogen-bond donors (Lipinski definition) is 2. The second kappa shape index (κ2) is 10.1. The molecule has 9 heteroatoms. The summed E-state index contributed by atoms with van der Waals surface area (Å²) in [5, 5.41) is 6.58. The van der Waals surface area contributed by atoms with Crippen LogP contribution in [0.5, 0.6) is 0 Å². The number of carbonyl (C=O) groups excluding carboxylic acids is 1. The molecule has 0 radical (unpaired) electrons. The lowest BCUT2D eigenvalue weighted by atomic mass is 10.3. The van der Waals surface area contributed by atoms with E-state index >= 15 is 0 Å². The summed E-state index contributed by atoms with van der Waals surface area (Å²) in [5.41, 5.74) is 1.82. The van der Waals surface area contributed by atoms with Gasteiger partial charge in [0, 0.05) is 36.2 Å². The Morgan fingerprint density at radius 1 is 1.17 bits per heavy atom. The van der Waals surface area contributed by atoms with Crippen molar-refractivity contribution in [3.63, 3.8) is 0 Å². The molecular formula is C21H26ClN7O. The van der Waals surface area contributed by atoms with E-state index in [-0.39, 0.29) is 6.03 Å². The smallest absolute Gasteiger partial charge is 0.323 e. The summed E-state index contributed by atoms with van der Waals surface area (Å²) in [7, 11) is 0. The first kappa shape index (κ1) is 21.6. The summed E-state index contributed by atoms with van der Waals surface area (Å²) in [4.78, 5) is 26.3. The average molecular weight is 428 g/mol. The van der Waals surface area contributed by atoms with Gasteiger partial charge in [-0.3, -0.25) is 4.90 Å². The Kier molecular flexibility index (Phi) is 7.24. The highest BCUT2D eigenvalue weighted by atomic mass is 35.5. The summed E-state index contributed by atoms with van der Waals surface area (Å²) in [6.07, 6.45) is 5.29.